The number of aromatic nitrogens is 1. The van der Waals surface area contributed by atoms with Gasteiger partial charge in [0.05, 0.1) is 6.54 Å². The zero-order valence-corrected chi connectivity index (χ0v) is 11.0. The van der Waals surface area contributed by atoms with Gasteiger partial charge in [0.25, 0.3) is 5.91 Å². The number of hydrogen-bond donors (Lipinski definition) is 1. The van der Waals surface area contributed by atoms with Crippen molar-refractivity contribution in [1.82, 2.24) is 9.47 Å². The molecule has 94 valence electrons. The number of nitrogens with zero attached hydrogens (tertiary/aromatic N) is 2. The summed E-state index contributed by atoms with van der Waals surface area (Å²) < 4.78 is 1.98. The van der Waals surface area contributed by atoms with Gasteiger partial charge in [-0.1, -0.05) is 0 Å². The topological polar surface area (TPSA) is 45.5 Å². The van der Waals surface area contributed by atoms with Crippen molar-refractivity contribution in [2.24, 2.45) is 7.05 Å². The molecule has 0 bridgehead atoms. The largest absolute Gasteiger partial charge is 0.379 e. The molecule has 5 heteroatoms. The number of amides is 1. The van der Waals surface area contributed by atoms with Crippen LogP contribution in [0.3, 0.4) is 0 Å². The summed E-state index contributed by atoms with van der Waals surface area (Å²) in [4.78, 5) is 13.8. The minimum absolute atomic E-state index is 0.163. The lowest BCUT2D eigenvalue weighted by molar-refractivity contribution is -0.147. The normalized spacial score (nSPS) is 23.9. The first kappa shape index (κ1) is 12.5. The highest BCUT2D eigenvalue weighted by atomic mass is 32.2. The molecule has 1 aromatic rings. The van der Waals surface area contributed by atoms with Gasteiger partial charge in [0.2, 0.25) is 0 Å². The molecule has 4 nitrogen and oxygen atoms in total. The highest BCUT2D eigenvalue weighted by Crippen LogP contribution is 2.29. The van der Waals surface area contributed by atoms with E-state index >= 15 is 0 Å². The third-order valence-electron chi connectivity index (χ3n) is 3.20. The molecular weight excluding hydrogens is 236 g/mol. The van der Waals surface area contributed by atoms with Crippen LogP contribution in [0.25, 0.3) is 0 Å². The zero-order chi connectivity index (χ0) is 12.5. The summed E-state index contributed by atoms with van der Waals surface area (Å²) >= 11 is 1.64. The molecular formula is C12H18N2O2S. The Morgan fingerprint density at radius 2 is 2.47 bits per heavy atom. The monoisotopic (exact) mass is 254 g/mol. The van der Waals surface area contributed by atoms with Crippen LogP contribution in [0.15, 0.2) is 18.3 Å². The van der Waals surface area contributed by atoms with Crippen LogP contribution in [0.2, 0.25) is 0 Å². The second-order valence-corrected chi connectivity index (χ2v) is 5.71. The van der Waals surface area contributed by atoms with E-state index in [1.165, 1.54) is 0 Å². The summed E-state index contributed by atoms with van der Waals surface area (Å²) in [6, 6.07) is 3.94. The molecule has 0 saturated carbocycles. The highest BCUT2D eigenvalue weighted by Gasteiger charge is 2.41. The fraction of sp³-hybridized carbons (Fsp3) is 0.583. The van der Waals surface area contributed by atoms with E-state index in [0.29, 0.717) is 18.7 Å². The molecule has 1 unspecified atom stereocenters. The predicted octanol–water partition coefficient (Wildman–Crippen LogP) is 0.851. The number of rotatable bonds is 3. The Morgan fingerprint density at radius 3 is 3.00 bits per heavy atom. The van der Waals surface area contributed by atoms with Crippen molar-refractivity contribution in [1.29, 1.82) is 0 Å². The lowest BCUT2D eigenvalue weighted by Gasteiger charge is -2.27. The molecule has 0 spiro atoms. The van der Waals surface area contributed by atoms with Crippen molar-refractivity contribution in [3.63, 3.8) is 0 Å². The van der Waals surface area contributed by atoms with E-state index < -0.39 is 5.60 Å². The van der Waals surface area contributed by atoms with E-state index in [1.54, 1.807) is 23.7 Å². The van der Waals surface area contributed by atoms with Gasteiger partial charge in [0, 0.05) is 31.7 Å². The summed E-state index contributed by atoms with van der Waals surface area (Å²) in [6.45, 7) is 0.537. The Morgan fingerprint density at radius 1 is 1.71 bits per heavy atom. The molecule has 0 aliphatic carbocycles. The molecule has 1 fully saturated rings. The number of aliphatic hydroxyl groups is 1. The minimum atomic E-state index is -1.15. The van der Waals surface area contributed by atoms with Gasteiger partial charge in [-0.05, 0) is 24.3 Å². The molecule has 2 heterocycles. The van der Waals surface area contributed by atoms with Crippen molar-refractivity contribution in [3.05, 3.63) is 24.0 Å². The van der Waals surface area contributed by atoms with E-state index in [-0.39, 0.29) is 5.91 Å². The average Bonchev–Trinajstić information content (AvgIpc) is 2.89. The third-order valence-corrected chi connectivity index (χ3v) is 4.37. The molecule has 1 aliphatic rings. The highest BCUT2D eigenvalue weighted by molar-refractivity contribution is 7.99. The van der Waals surface area contributed by atoms with Gasteiger partial charge in [-0.3, -0.25) is 4.79 Å². The Kier molecular flexibility index (Phi) is 3.49. The molecule has 0 radical (unpaired) electrons. The van der Waals surface area contributed by atoms with Gasteiger partial charge in [0.1, 0.15) is 0 Å². The molecule has 0 aromatic carbocycles. The second-order valence-electron chi connectivity index (χ2n) is 4.61. The predicted molar refractivity (Wildman–Crippen MR) is 68.8 cm³/mol. The molecule has 1 saturated heterocycles. The van der Waals surface area contributed by atoms with Crippen molar-refractivity contribution in [2.75, 3.05) is 18.6 Å². The number of thioether (sulfide) groups is 1. The Bertz CT molecular complexity index is 410. The fourth-order valence-corrected chi connectivity index (χ4v) is 3.29. The quantitative estimate of drug-likeness (QED) is 0.870. The standard InChI is InChI=1S/C12H18N2O2S/c1-13-6-3-4-10(13)8-14(2)11(15)12(16)5-7-17-9-12/h3-4,6,16H,5,7-9H2,1-2H3. The van der Waals surface area contributed by atoms with Crippen LogP contribution in [0.5, 0.6) is 0 Å². The number of aryl methyl sites for hydroxylation is 1. The van der Waals surface area contributed by atoms with E-state index in [0.717, 1.165) is 11.4 Å². The summed E-state index contributed by atoms with van der Waals surface area (Å²) in [5.41, 5.74) is -0.0833. The van der Waals surface area contributed by atoms with Crippen molar-refractivity contribution in [2.45, 2.75) is 18.6 Å². The molecule has 2 rings (SSSR count). The van der Waals surface area contributed by atoms with Gasteiger partial charge in [-0.2, -0.15) is 11.8 Å². The van der Waals surface area contributed by atoms with Crippen molar-refractivity contribution >= 4 is 17.7 Å². The molecule has 17 heavy (non-hydrogen) atoms. The smallest absolute Gasteiger partial charge is 0.255 e. The number of likely N-dealkylation sites (N-methyl/N-ethyl adjacent to an activating group) is 1. The minimum Gasteiger partial charge on any atom is -0.379 e. The van der Waals surface area contributed by atoms with Crippen LogP contribution in [-0.2, 0) is 18.4 Å². The Labute approximate surface area is 106 Å². The first-order valence-corrected chi connectivity index (χ1v) is 6.84. The van der Waals surface area contributed by atoms with E-state index in [9.17, 15) is 9.90 Å². The third kappa shape index (κ3) is 2.50. The first-order chi connectivity index (χ1) is 8.03. The number of hydrogen-bond acceptors (Lipinski definition) is 3. The van der Waals surface area contributed by atoms with Gasteiger partial charge in [-0.15, -0.1) is 0 Å². The average molecular weight is 254 g/mol. The summed E-state index contributed by atoms with van der Waals surface area (Å²) in [6.07, 6.45) is 2.52. The fourth-order valence-electron chi connectivity index (χ4n) is 2.05. The molecule has 1 aliphatic heterocycles. The number of carbonyl (C=O) groups excluding carboxylic acids is 1. The van der Waals surface area contributed by atoms with E-state index in [2.05, 4.69) is 0 Å². The molecule has 1 amide bonds. The van der Waals surface area contributed by atoms with Crippen LogP contribution < -0.4 is 0 Å². The van der Waals surface area contributed by atoms with Crippen LogP contribution >= 0.6 is 11.8 Å². The van der Waals surface area contributed by atoms with Gasteiger partial charge in [0.15, 0.2) is 5.60 Å². The Hall–Kier alpha value is -0.940. The first-order valence-electron chi connectivity index (χ1n) is 5.69. The Balaban J connectivity index is 2.03. The maximum atomic E-state index is 12.2. The molecule has 1 aromatic heterocycles. The maximum Gasteiger partial charge on any atom is 0.255 e. The number of carbonyl (C=O) groups is 1. The lowest BCUT2D eigenvalue weighted by Crippen LogP contribution is -2.47. The van der Waals surface area contributed by atoms with Crippen LogP contribution in [0.1, 0.15) is 12.1 Å². The second kappa shape index (κ2) is 4.74. The van der Waals surface area contributed by atoms with E-state index in [1.807, 2.05) is 29.9 Å². The van der Waals surface area contributed by atoms with Crippen molar-refractivity contribution < 1.29 is 9.90 Å². The molecule has 1 N–H and O–H groups in total. The van der Waals surface area contributed by atoms with Crippen molar-refractivity contribution in [3.8, 4) is 0 Å². The van der Waals surface area contributed by atoms with Gasteiger partial charge >= 0.3 is 0 Å². The molecule has 1 atom stereocenters. The zero-order valence-electron chi connectivity index (χ0n) is 10.2. The van der Waals surface area contributed by atoms with E-state index in [4.69, 9.17) is 0 Å². The summed E-state index contributed by atoms with van der Waals surface area (Å²) in [5, 5.41) is 10.2. The van der Waals surface area contributed by atoms with Gasteiger partial charge < -0.3 is 14.6 Å². The maximum absolute atomic E-state index is 12.2. The summed E-state index contributed by atoms with van der Waals surface area (Å²) in [7, 11) is 3.70. The SMILES string of the molecule is CN(Cc1cccn1C)C(=O)C1(O)CCSC1. The van der Waals surface area contributed by atoms with Gasteiger partial charge in [-0.25, -0.2) is 0 Å². The van der Waals surface area contributed by atoms with Crippen LogP contribution in [-0.4, -0.2) is 44.6 Å². The van der Waals surface area contributed by atoms with Crippen LogP contribution in [0, 0.1) is 0 Å². The lowest BCUT2D eigenvalue weighted by atomic mass is 10.0. The summed E-state index contributed by atoms with van der Waals surface area (Å²) in [5.74, 6) is 1.22. The van der Waals surface area contributed by atoms with Crippen LogP contribution in [0.4, 0.5) is 0 Å².